The molecule has 4 aromatic carbocycles. The van der Waals surface area contributed by atoms with E-state index in [9.17, 15) is 17.2 Å². The maximum atomic E-state index is 13.6. The molecule has 2 nitrogen and oxygen atoms in total. The Bertz CT molecular complexity index is 1320. The van der Waals surface area contributed by atoms with E-state index in [0.29, 0.717) is 16.0 Å². The molecule has 0 N–H and O–H groups in total. The number of benzene rings is 4. The second kappa shape index (κ2) is 7.07. The van der Waals surface area contributed by atoms with Crippen LogP contribution in [0.25, 0.3) is 11.1 Å². The Kier molecular flexibility index (Phi) is 4.49. The minimum Gasteiger partial charge on any atom is -0.218 e. The zero-order chi connectivity index (χ0) is 20.9. The number of sulfone groups is 1. The average molecular weight is 438 g/mol. The van der Waals surface area contributed by atoms with Gasteiger partial charge in [-0.25, -0.2) is 17.2 Å². The van der Waals surface area contributed by atoms with E-state index >= 15 is 0 Å². The molecule has 148 valence electrons. The summed E-state index contributed by atoms with van der Waals surface area (Å²) >= 11 is 0. The van der Waals surface area contributed by atoms with Crippen LogP contribution in [0.1, 0.15) is 0 Å². The fraction of sp³-hybridized carbons (Fsp3) is 0. The summed E-state index contributed by atoms with van der Waals surface area (Å²) in [6.07, 6.45) is 0. The van der Waals surface area contributed by atoms with Gasteiger partial charge in [-0.15, -0.1) is 0 Å². The van der Waals surface area contributed by atoms with Crippen LogP contribution >= 0.6 is 0 Å². The molecule has 30 heavy (non-hydrogen) atoms. The summed E-state index contributed by atoms with van der Waals surface area (Å²) in [5.41, 5.74) is 1.33. The molecule has 0 radical (unpaired) electrons. The molecule has 0 bridgehead atoms. The summed E-state index contributed by atoms with van der Waals surface area (Å²) in [6, 6.07) is 24.4. The first kappa shape index (κ1) is 19.0. The van der Waals surface area contributed by atoms with Crippen molar-refractivity contribution in [3.63, 3.8) is 0 Å². The SMILES string of the molecule is O=S1(=O)c2ccccc2-c2cccc([S+](c3ccc(F)cc3)c3ccc(F)cc3)c21. The second-order valence-corrected chi connectivity index (χ2v) is 10.7. The number of fused-ring (bicyclic) bond motifs is 3. The molecule has 1 aliphatic heterocycles. The Labute approximate surface area is 176 Å². The van der Waals surface area contributed by atoms with Crippen molar-refractivity contribution in [2.45, 2.75) is 24.5 Å². The first-order valence-corrected chi connectivity index (χ1v) is 11.9. The molecule has 4 aromatic rings. The molecule has 0 spiro atoms. The lowest BCUT2D eigenvalue weighted by Crippen LogP contribution is -2.10. The van der Waals surface area contributed by atoms with Crippen LogP contribution in [0.4, 0.5) is 8.78 Å². The number of hydrogen-bond acceptors (Lipinski definition) is 2. The zero-order valence-electron chi connectivity index (χ0n) is 15.5. The fourth-order valence-electron chi connectivity index (χ4n) is 3.73. The molecule has 0 fully saturated rings. The Morgan fingerprint density at radius 3 is 1.73 bits per heavy atom. The summed E-state index contributed by atoms with van der Waals surface area (Å²) in [4.78, 5) is 2.67. The van der Waals surface area contributed by atoms with Gasteiger partial charge in [-0.3, -0.25) is 0 Å². The molecule has 6 heteroatoms. The van der Waals surface area contributed by atoms with Gasteiger partial charge in [0.05, 0.1) is 4.90 Å². The van der Waals surface area contributed by atoms with Crippen LogP contribution in [-0.4, -0.2) is 8.42 Å². The zero-order valence-corrected chi connectivity index (χ0v) is 17.2. The largest absolute Gasteiger partial charge is 0.218 e. The van der Waals surface area contributed by atoms with E-state index in [1.54, 1.807) is 54.6 Å². The molecule has 0 aromatic heterocycles. The van der Waals surface area contributed by atoms with Crippen molar-refractivity contribution in [3.05, 3.63) is 103 Å². The molecular formula is C24H15F2O2S2+. The highest BCUT2D eigenvalue weighted by atomic mass is 32.2. The predicted molar refractivity (Wildman–Crippen MR) is 112 cm³/mol. The van der Waals surface area contributed by atoms with E-state index in [4.69, 9.17) is 0 Å². The Morgan fingerprint density at radius 2 is 1.13 bits per heavy atom. The molecule has 0 amide bonds. The normalized spacial score (nSPS) is 13.8. The van der Waals surface area contributed by atoms with Crippen LogP contribution in [0.5, 0.6) is 0 Å². The highest BCUT2D eigenvalue weighted by molar-refractivity contribution is 7.98. The highest BCUT2D eigenvalue weighted by Gasteiger charge is 2.42. The summed E-state index contributed by atoms with van der Waals surface area (Å²) in [5, 5.41) is 0. The van der Waals surface area contributed by atoms with Crippen molar-refractivity contribution in [3.8, 4) is 11.1 Å². The van der Waals surface area contributed by atoms with E-state index in [-0.39, 0.29) is 21.4 Å². The van der Waals surface area contributed by atoms with Gasteiger partial charge in [-0.2, -0.15) is 0 Å². The van der Waals surface area contributed by atoms with Crippen LogP contribution in [-0.2, 0) is 20.7 Å². The van der Waals surface area contributed by atoms with Gasteiger partial charge in [-0.1, -0.05) is 30.3 Å². The minimum atomic E-state index is -3.71. The molecule has 5 rings (SSSR count). The molecule has 1 aliphatic rings. The van der Waals surface area contributed by atoms with Gasteiger partial charge in [0.25, 0.3) is 0 Å². The molecule has 0 atom stereocenters. The third kappa shape index (κ3) is 2.95. The monoisotopic (exact) mass is 437 g/mol. The van der Waals surface area contributed by atoms with Gasteiger partial charge in [-0.05, 0) is 60.7 Å². The van der Waals surface area contributed by atoms with Crippen LogP contribution < -0.4 is 0 Å². The quantitative estimate of drug-likeness (QED) is 0.331. The van der Waals surface area contributed by atoms with E-state index in [2.05, 4.69) is 0 Å². The second-order valence-electron chi connectivity index (χ2n) is 6.85. The standard InChI is InChI=1S/C24H15F2O2S2/c25-16-8-12-18(13-9-16)29(19-14-10-17(26)11-15-19)22-6-3-5-21-20-4-1-2-7-23(20)30(27,28)24(21)22/h1-15H/q+1. The topological polar surface area (TPSA) is 34.1 Å². The molecule has 0 saturated heterocycles. The van der Waals surface area contributed by atoms with Crippen molar-refractivity contribution in [1.82, 2.24) is 0 Å². The number of halogens is 2. The van der Waals surface area contributed by atoms with Gasteiger partial charge in [0.15, 0.2) is 14.7 Å². The maximum Gasteiger partial charge on any atom is 0.212 e. The first-order chi connectivity index (χ1) is 14.5. The van der Waals surface area contributed by atoms with Crippen molar-refractivity contribution in [2.75, 3.05) is 0 Å². The molecule has 0 aliphatic carbocycles. The first-order valence-electron chi connectivity index (χ1n) is 9.20. The van der Waals surface area contributed by atoms with E-state index in [0.717, 1.165) is 9.79 Å². The molecular weight excluding hydrogens is 422 g/mol. The van der Waals surface area contributed by atoms with Crippen molar-refractivity contribution < 1.29 is 17.2 Å². The average Bonchev–Trinajstić information content (AvgIpc) is 2.99. The summed E-state index contributed by atoms with van der Waals surface area (Å²) < 4.78 is 54.1. The summed E-state index contributed by atoms with van der Waals surface area (Å²) in [7, 11) is -4.57. The van der Waals surface area contributed by atoms with Crippen molar-refractivity contribution >= 4 is 20.7 Å². The predicted octanol–water partition coefficient (Wildman–Crippen LogP) is 5.87. The van der Waals surface area contributed by atoms with Gasteiger partial charge in [0.1, 0.15) is 27.4 Å². The van der Waals surface area contributed by atoms with E-state index in [1.165, 1.54) is 24.3 Å². The lowest BCUT2D eigenvalue weighted by Gasteiger charge is -2.11. The molecule has 1 heterocycles. The van der Waals surface area contributed by atoms with E-state index in [1.807, 2.05) is 12.1 Å². The Morgan fingerprint density at radius 1 is 0.600 bits per heavy atom. The Balaban J connectivity index is 1.80. The van der Waals surface area contributed by atoms with Crippen LogP contribution in [0.3, 0.4) is 0 Å². The lowest BCUT2D eigenvalue weighted by molar-refractivity contribution is 0.597. The van der Waals surface area contributed by atoms with Gasteiger partial charge >= 0.3 is 0 Å². The van der Waals surface area contributed by atoms with Gasteiger partial charge < -0.3 is 0 Å². The van der Waals surface area contributed by atoms with Crippen LogP contribution in [0, 0.1) is 11.6 Å². The van der Waals surface area contributed by atoms with E-state index < -0.39 is 20.7 Å². The smallest absolute Gasteiger partial charge is 0.212 e. The third-order valence-electron chi connectivity index (χ3n) is 5.03. The lowest BCUT2D eigenvalue weighted by atomic mass is 10.1. The molecule has 0 saturated carbocycles. The number of rotatable bonds is 3. The number of hydrogen-bond donors (Lipinski definition) is 0. The van der Waals surface area contributed by atoms with Crippen molar-refractivity contribution in [1.29, 1.82) is 0 Å². The summed E-state index contributed by atoms with van der Waals surface area (Å²) in [5.74, 6) is -0.751. The Hall–Kier alpha value is -2.96. The van der Waals surface area contributed by atoms with Gasteiger partial charge in [0, 0.05) is 11.1 Å². The summed E-state index contributed by atoms with van der Waals surface area (Å²) in [6.45, 7) is 0. The highest BCUT2D eigenvalue weighted by Crippen LogP contribution is 2.48. The van der Waals surface area contributed by atoms with Gasteiger partial charge in [0.2, 0.25) is 9.84 Å². The third-order valence-corrected chi connectivity index (χ3v) is 9.34. The fourth-order valence-corrected chi connectivity index (χ4v) is 8.16. The molecule has 0 unspecified atom stereocenters. The van der Waals surface area contributed by atoms with Crippen LogP contribution in [0.15, 0.2) is 115 Å². The minimum absolute atomic E-state index is 0.267. The van der Waals surface area contributed by atoms with Crippen LogP contribution in [0.2, 0.25) is 0 Å². The van der Waals surface area contributed by atoms with Crippen molar-refractivity contribution in [2.24, 2.45) is 0 Å². The maximum absolute atomic E-state index is 13.6.